The summed E-state index contributed by atoms with van der Waals surface area (Å²) in [5, 5.41) is 4.00. The van der Waals surface area contributed by atoms with Crippen molar-refractivity contribution in [3.63, 3.8) is 0 Å². The first-order chi connectivity index (χ1) is 12.1. The summed E-state index contributed by atoms with van der Waals surface area (Å²) in [5.74, 6) is -0.0910. The first-order valence-electron chi connectivity index (χ1n) is 8.29. The molecule has 0 aliphatic carbocycles. The summed E-state index contributed by atoms with van der Waals surface area (Å²) in [5.41, 5.74) is 2.69. The predicted molar refractivity (Wildman–Crippen MR) is 102 cm³/mol. The highest BCUT2D eigenvalue weighted by Crippen LogP contribution is 2.25. The van der Waals surface area contributed by atoms with Crippen LogP contribution in [0.1, 0.15) is 15.9 Å². The van der Waals surface area contributed by atoms with Gasteiger partial charge in [-0.2, -0.15) is 0 Å². The van der Waals surface area contributed by atoms with Crippen molar-refractivity contribution in [2.45, 2.75) is 6.42 Å². The molecule has 1 saturated heterocycles. The number of rotatable bonds is 5. The number of ether oxygens (including phenoxy) is 1. The standard InChI is InChI=1S/C19H20Cl2N2O2/c20-17-3-1-2-14(18(17)21)8-9-22-19(24)15-4-6-16(7-5-15)23-10-12-25-13-11-23/h1-7H,8-13H2,(H,22,24). The summed E-state index contributed by atoms with van der Waals surface area (Å²) >= 11 is 12.2. The van der Waals surface area contributed by atoms with E-state index >= 15 is 0 Å². The Bertz CT molecular complexity index is 729. The molecule has 132 valence electrons. The van der Waals surface area contributed by atoms with Crippen LogP contribution in [-0.2, 0) is 11.2 Å². The smallest absolute Gasteiger partial charge is 0.251 e. The number of nitrogens with zero attached hydrogens (tertiary/aromatic N) is 1. The van der Waals surface area contributed by atoms with Gasteiger partial charge in [0.1, 0.15) is 0 Å². The molecule has 0 radical (unpaired) electrons. The fraction of sp³-hybridized carbons (Fsp3) is 0.316. The van der Waals surface area contributed by atoms with Gasteiger partial charge in [0.25, 0.3) is 5.91 Å². The second kappa shape index (κ2) is 8.56. The number of hydrogen-bond donors (Lipinski definition) is 1. The number of carbonyl (C=O) groups is 1. The van der Waals surface area contributed by atoms with E-state index in [-0.39, 0.29) is 5.91 Å². The second-order valence-electron chi connectivity index (χ2n) is 5.87. The zero-order valence-electron chi connectivity index (χ0n) is 13.8. The Morgan fingerprint density at radius 1 is 1.08 bits per heavy atom. The van der Waals surface area contributed by atoms with Crippen LogP contribution in [0.25, 0.3) is 0 Å². The molecule has 0 aromatic heterocycles. The third kappa shape index (κ3) is 4.66. The van der Waals surface area contributed by atoms with E-state index < -0.39 is 0 Å². The van der Waals surface area contributed by atoms with E-state index in [1.54, 1.807) is 6.07 Å². The molecule has 6 heteroatoms. The van der Waals surface area contributed by atoms with Gasteiger partial charge in [0.05, 0.1) is 23.3 Å². The van der Waals surface area contributed by atoms with Crippen molar-refractivity contribution >= 4 is 34.8 Å². The van der Waals surface area contributed by atoms with E-state index in [2.05, 4.69) is 10.2 Å². The molecule has 2 aromatic rings. The van der Waals surface area contributed by atoms with Crippen molar-refractivity contribution in [3.8, 4) is 0 Å². The predicted octanol–water partition coefficient (Wildman–Crippen LogP) is 3.80. The van der Waals surface area contributed by atoms with Gasteiger partial charge < -0.3 is 15.0 Å². The van der Waals surface area contributed by atoms with E-state index in [0.717, 1.165) is 37.6 Å². The molecule has 1 aliphatic heterocycles. The van der Waals surface area contributed by atoms with E-state index in [0.29, 0.717) is 28.6 Å². The minimum absolute atomic E-state index is 0.0910. The van der Waals surface area contributed by atoms with E-state index in [9.17, 15) is 4.79 Å². The molecule has 0 spiro atoms. The zero-order chi connectivity index (χ0) is 17.6. The summed E-state index contributed by atoms with van der Waals surface area (Å²) in [6.07, 6.45) is 0.636. The van der Waals surface area contributed by atoms with Crippen LogP contribution in [0.5, 0.6) is 0 Å². The van der Waals surface area contributed by atoms with Crippen LogP contribution in [0.15, 0.2) is 42.5 Å². The molecule has 1 aliphatic rings. The maximum Gasteiger partial charge on any atom is 0.251 e. The van der Waals surface area contributed by atoms with E-state index in [1.165, 1.54) is 0 Å². The Labute approximate surface area is 157 Å². The largest absolute Gasteiger partial charge is 0.378 e. The van der Waals surface area contributed by atoms with Gasteiger partial charge in [0.15, 0.2) is 0 Å². The molecule has 1 N–H and O–H groups in total. The van der Waals surface area contributed by atoms with Gasteiger partial charge in [0.2, 0.25) is 0 Å². The summed E-state index contributed by atoms with van der Waals surface area (Å²) in [6.45, 7) is 3.75. The van der Waals surface area contributed by atoms with Gasteiger partial charge >= 0.3 is 0 Å². The van der Waals surface area contributed by atoms with Crippen LogP contribution in [-0.4, -0.2) is 38.8 Å². The van der Waals surface area contributed by atoms with Crippen molar-refractivity contribution in [1.82, 2.24) is 5.32 Å². The van der Waals surface area contributed by atoms with Gasteiger partial charge in [-0.3, -0.25) is 4.79 Å². The van der Waals surface area contributed by atoms with Gasteiger partial charge in [-0.05, 0) is 42.3 Å². The minimum Gasteiger partial charge on any atom is -0.378 e. The number of benzene rings is 2. The molecule has 0 saturated carbocycles. The second-order valence-corrected chi connectivity index (χ2v) is 6.65. The molecule has 0 bridgehead atoms. The van der Waals surface area contributed by atoms with Crippen LogP contribution in [0.2, 0.25) is 10.0 Å². The number of carbonyl (C=O) groups excluding carboxylic acids is 1. The lowest BCUT2D eigenvalue weighted by atomic mass is 10.1. The average Bonchev–Trinajstić information content (AvgIpc) is 2.66. The van der Waals surface area contributed by atoms with Crippen LogP contribution in [0, 0.1) is 0 Å². The summed E-state index contributed by atoms with van der Waals surface area (Å²) < 4.78 is 5.36. The quantitative estimate of drug-likeness (QED) is 0.859. The highest BCUT2D eigenvalue weighted by Gasteiger charge is 2.12. The number of nitrogens with one attached hydrogen (secondary N) is 1. The van der Waals surface area contributed by atoms with Crippen molar-refractivity contribution in [1.29, 1.82) is 0 Å². The normalized spacial score (nSPS) is 14.4. The van der Waals surface area contributed by atoms with Crippen molar-refractivity contribution in [3.05, 3.63) is 63.6 Å². The molecule has 1 heterocycles. The molecule has 4 nitrogen and oxygen atoms in total. The zero-order valence-corrected chi connectivity index (χ0v) is 15.3. The van der Waals surface area contributed by atoms with Crippen molar-refractivity contribution < 1.29 is 9.53 Å². The maximum atomic E-state index is 12.3. The average molecular weight is 379 g/mol. The van der Waals surface area contributed by atoms with Gasteiger partial charge in [-0.1, -0.05) is 35.3 Å². The molecule has 0 atom stereocenters. The van der Waals surface area contributed by atoms with E-state index in [1.807, 2.05) is 36.4 Å². The van der Waals surface area contributed by atoms with Gasteiger partial charge in [-0.25, -0.2) is 0 Å². The Morgan fingerprint density at radius 3 is 2.52 bits per heavy atom. The van der Waals surface area contributed by atoms with Crippen molar-refractivity contribution in [2.75, 3.05) is 37.7 Å². The fourth-order valence-corrected chi connectivity index (χ4v) is 3.21. The van der Waals surface area contributed by atoms with Gasteiger partial charge in [0, 0.05) is 30.9 Å². The summed E-state index contributed by atoms with van der Waals surface area (Å²) in [7, 11) is 0. The van der Waals surface area contributed by atoms with Crippen molar-refractivity contribution in [2.24, 2.45) is 0 Å². The third-order valence-corrected chi connectivity index (χ3v) is 5.08. The first kappa shape index (κ1) is 18.1. The van der Waals surface area contributed by atoms with Crippen LogP contribution in [0.4, 0.5) is 5.69 Å². The number of morpholine rings is 1. The maximum absolute atomic E-state index is 12.3. The Morgan fingerprint density at radius 2 is 1.80 bits per heavy atom. The monoisotopic (exact) mass is 378 g/mol. The Balaban J connectivity index is 1.53. The number of halogens is 2. The fourth-order valence-electron chi connectivity index (χ4n) is 2.80. The third-order valence-electron chi connectivity index (χ3n) is 4.22. The molecule has 1 fully saturated rings. The summed E-state index contributed by atoms with van der Waals surface area (Å²) in [6, 6.07) is 13.2. The highest BCUT2D eigenvalue weighted by atomic mass is 35.5. The molecule has 1 amide bonds. The highest BCUT2D eigenvalue weighted by molar-refractivity contribution is 6.42. The van der Waals surface area contributed by atoms with E-state index in [4.69, 9.17) is 27.9 Å². The molecule has 0 unspecified atom stereocenters. The topological polar surface area (TPSA) is 41.6 Å². The number of hydrogen-bond acceptors (Lipinski definition) is 3. The molecule has 25 heavy (non-hydrogen) atoms. The van der Waals surface area contributed by atoms with Crippen LogP contribution in [0.3, 0.4) is 0 Å². The Hall–Kier alpha value is -1.75. The molecule has 2 aromatic carbocycles. The first-order valence-corrected chi connectivity index (χ1v) is 9.04. The lowest BCUT2D eigenvalue weighted by Gasteiger charge is -2.28. The SMILES string of the molecule is O=C(NCCc1cccc(Cl)c1Cl)c1ccc(N2CCOCC2)cc1. The number of amides is 1. The number of anilines is 1. The molecule has 3 rings (SSSR count). The lowest BCUT2D eigenvalue weighted by Crippen LogP contribution is -2.36. The lowest BCUT2D eigenvalue weighted by molar-refractivity contribution is 0.0954. The summed E-state index contributed by atoms with van der Waals surface area (Å²) in [4.78, 5) is 14.5. The molecular weight excluding hydrogens is 359 g/mol. The Kier molecular flexibility index (Phi) is 6.19. The minimum atomic E-state index is -0.0910. The van der Waals surface area contributed by atoms with Crippen LogP contribution >= 0.6 is 23.2 Å². The van der Waals surface area contributed by atoms with Gasteiger partial charge in [-0.15, -0.1) is 0 Å². The molecular formula is C19H20Cl2N2O2. The van der Waals surface area contributed by atoms with Crippen LogP contribution < -0.4 is 10.2 Å².